The van der Waals surface area contributed by atoms with E-state index in [-0.39, 0.29) is 5.91 Å². The number of hydrogen-bond donors (Lipinski definition) is 1. The molecule has 1 N–H and O–H groups in total. The summed E-state index contributed by atoms with van der Waals surface area (Å²) in [7, 11) is 2.00. The third-order valence-corrected chi connectivity index (χ3v) is 5.01. The van der Waals surface area contributed by atoms with Gasteiger partial charge in [0.15, 0.2) is 0 Å². The molecule has 0 fully saturated rings. The van der Waals surface area contributed by atoms with Gasteiger partial charge in [-0.25, -0.2) is 4.52 Å². The van der Waals surface area contributed by atoms with E-state index in [0.29, 0.717) is 16.3 Å². The van der Waals surface area contributed by atoms with Gasteiger partial charge in [-0.15, -0.1) is 0 Å². The number of amides is 1. The lowest BCUT2D eigenvalue weighted by molar-refractivity contribution is 0.102. The highest BCUT2D eigenvalue weighted by atomic mass is 35.5. The van der Waals surface area contributed by atoms with E-state index in [1.165, 1.54) is 0 Å². The maximum atomic E-state index is 12.5. The monoisotopic (exact) mass is 390 g/mol. The number of aromatic nitrogens is 2. The van der Waals surface area contributed by atoms with Crippen molar-refractivity contribution in [3.8, 4) is 0 Å². The number of rotatable bonds is 4. The highest BCUT2D eigenvalue weighted by Gasteiger charge is 2.12. The van der Waals surface area contributed by atoms with E-state index in [4.69, 9.17) is 11.6 Å². The van der Waals surface area contributed by atoms with E-state index >= 15 is 0 Å². The van der Waals surface area contributed by atoms with Gasteiger partial charge in [-0.2, -0.15) is 5.10 Å². The molecule has 0 unspecified atom stereocenters. The molecule has 1 amide bonds. The Morgan fingerprint density at radius 3 is 2.75 bits per heavy atom. The number of aryl methyl sites for hydroxylation is 1. The molecule has 0 bridgehead atoms. The topological polar surface area (TPSA) is 49.6 Å². The smallest absolute Gasteiger partial charge is 0.257 e. The standard InChI is InChI=1S/C22H19ClN4O/c1-15-14-27-18(10-11-24-27)13-21(15)26(2)17-7-5-6-16(12-17)25-22(28)19-8-3-4-9-20(19)23/h3-14H,1-2H3,(H,25,28). The van der Waals surface area contributed by atoms with E-state index in [0.717, 1.165) is 22.5 Å². The zero-order valence-electron chi connectivity index (χ0n) is 15.6. The van der Waals surface area contributed by atoms with Crippen molar-refractivity contribution in [3.05, 3.63) is 89.2 Å². The van der Waals surface area contributed by atoms with Crippen LogP contribution in [0, 0.1) is 6.92 Å². The molecule has 4 rings (SSSR count). The van der Waals surface area contributed by atoms with Crippen LogP contribution in [0.15, 0.2) is 73.1 Å². The second-order valence-electron chi connectivity index (χ2n) is 6.59. The number of halogens is 1. The minimum Gasteiger partial charge on any atom is -0.344 e. The van der Waals surface area contributed by atoms with Crippen LogP contribution < -0.4 is 10.2 Å². The molecule has 28 heavy (non-hydrogen) atoms. The first-order valence-electron chi connectivity index (χ1n) is 8.86. The molecule has 0 radical (unpaired) electrons. The molecule has 6 heteroatoms. The van der Waals surface area contributed by atoms with Gasteiger partial charge in [-0.05, 0) is 55.0 Å². The normalized spacial score (nSPS) is 10.8. The second kappa shape index (κ2) is 7.37. The Kier molecular flexibility index (Phi) is 4.75. The van der Waals surface area contributed by atoms with Gasteiger partial charge in [-0.1, -0.05) is 29.8 Å². The van der Waals surface area contributed by atoms with Gasteiger partial charge < -0.3 is 10.2 Å². The van der Waals surface area contributed by atoms with Gasteiger partial charge in [0.05, 0.1) is 16.1 Å². The van der Waals surface area contributed by atoms with Crippen LogP contribution in [0.5, 0.6) is 0 Å². The lowest BCUT2D eigenvalue weighted by Gasteiger charge is -2.22. The van der Waals surface area contributed by atoms with Crippen LogP contribution in [-0.2, 0) is 0 Å². The number of hydrogen-bond acceptors (Lipinski definition) is 3. The van der Waals surface area contributed by atoms with Crippen LogP contribution in [0.1, 0.15) is 15.9 Å². The van der Waals surface area contributed by atoms with Crippen LogP contribution in [0.2, 0.25) is 5.02 Å². The summed E-state index contributed by atoms with van der Waals surface area (Å²) in [5, 5.41) is 7.63. The highest BCUT2D eigenvalue weighted by molar-refractivity contribution is 6.34. The fourth-order valence-electron chi connectivity index (χ4n) is 3.19. The van der Waals surface area contributed by atoms with Gasteiger partial charge in [0, 0.05) is 36.5 Å². The lowest BCUT2D eigenvalue weighted by Crippen LogP contribution is -2.14. The summed E-state index contributed by atoms with van der Waals surface area (Å²) in [5.74, 6) is -0.234. The molecule has 0 atom stereocenters. The minimum atomic E-state index is -0.234. The summed E-state index contributed by atoms with van der Waals surface area (Å²) in [5.41, 5.74) is 5.31. The fraction of sp³-hybridized carbons (Fsp3) is 0.0909. The molecular weight excluding hydrogens is 372 g/mol. The van der Waals surface area contributed by atoms with Gasteiger partial charge in [-0.3, -0.25) is 4.79 Å². The molecule has 0 aliphatic rings. The van der Waals surface area contributed by atoms with E-state index in [1.54, 1.807) is 30.5 Å². The lowest BCUT2D eigenvalue weighted by atomic mass is 10.1. The van der Waals surface area contributed by atoms with Crippen molar-refractivity contribution in [2.24, 2.45) is 0 Å². The van der Waals surface area contributed by atoms with Crippen LogP contribution in [0.25, 0.3) is 5.52 Å². The molecule has 0 aliphatic heterocycles. The summed E-state index contributed by atoms with van der Waals surface area (Å²) < 4.78 is 1.85. The Bertz CT molecular complexity index is 1170. The Balaban J connectivity index is 1.61. The molecule has 0 saturated carbocycles. The Morgan fingerprint density at radius 2 is 1.93 bits per heavy atom. The third-order valence-electron chi connectivity index (χ3n) is 4.68. The zero-order valence-corrected chi connectivity index (χ0v) is 16.3. The van der Waals surface area contributed by atoms with Gasteiger partial charge >= 0.3 is 0 Å². The number of fused-ring (bicyclic) bond motifs is 1. The van der Waals surface area contributed by atoms with Crippen molar-refractivity contribution in [2.75, 3.05) is 17.3 Å². The Hall–Kier alpha value is -3.31. The predicted octanol–water partition coefficient (Wildman–Crippen LogP) is 5.32. The molecule has 5 nitrogen and oxygen atoms in total. The summed E-state index contributed by atoms with van der Waals surface area (Å²) in [6.07, 6.45) is 3.79. The molecule has 2 aromatic heterocycles. The number of carbonyl (C=O) groups excluding carboxylic acids is 1. The largest absolute Gasteiger partial charge is 0.344 e. The molecule has 0 spiro atoms. The van der Waals surface area contributed by atoms with Crippen molar-refractivity contribution >= 4 is 40.1 Å². The predicted molar refractivity (Wildman–Crippen MR) is 114 cm³/mol. The fourth-order valence-corrected chi connectivity index (χ4v) is 3.41. The first kappa shape index (κ1) is 18.1. The van der Waals surface area contributed by atoms with E-state index in [1.807, 2.05) is 48.1 Å². The van der Waals surface area contributed by atoms with E-state index in [9.17, 15) is 4.79 Å². The van der Waals surface area contributed by atoms with Crippen molar-refractivity contribution < 1.29 is 4.79 Å². The number of anilines is 3. The van der Waals surface area contributed by atoms with Crippen molar-refractivity contribution in [1.82, 2.24) is 9.61 Å². The van der Waals surface area contributed by atoms with Gasteiger partial charge in [0.2, 0.25) is 0 Å². The van der Waals surface area contributed by atoms with Crippen LogP contribution in [0.3, 0.4) is 0 Å². The minimum absolute atomic E-state index is 0.234. The third kappa shape index (κ3) is 3.44. The van der Waals surface area contributed by atoms with Crippen LogP contribution in [-0.4, -0.2) is 22.6 Å². The molecule has 0 aliphatic carbocycles. The summed E-state index contributed by atoms with van der Waals surface area (Å²) in [6, 6.07) is 18.8. The molecular formula is C22H19ClN4O. The molecule has 2 aromatic carbocycles. The van der Waals surface area contributed by atoms with Crippen molar-refractivity contribution in [1.29, 1.82) is 0 Å². The van der Waals surface area contributed by atoms with Crippen LogP contribution >= 0.6 is 11.6 Å². The molecule has 140 valence electrons. The quantitative estimate of drug-likeness (QED) is 0.513. The summed E-state index contributed by atoms with van der Waals surface area (Å²) >= 11 is 6.13. The maximum Gasteiger partial charge on any atom is 0.257 e. The summed E-state index contributed by atoms with van der Waals surface area (Å²) in [6.45, 7) is 2.05. The van der Waals surface area contributed by atoms with Gasteiger partial charge in [0.25, 0.3) is 5.91 Å². The number of benzene rings is 2. The van der Waals surface area contributed by atoms with Crippen LogP contribution in [0.4, 0.5) is 17.1 Å². The highest BCUT2D eigenvalue weighted by Crippen LogP contribution is 2.30. The number of carbonyl (C=O) groups is 1. The summed E-state index contributed by atoms with van der Waals surface area (Å²) in [4.78, 5) is 14.6. The first-order chi connectivity index (χ1) is 13.5. The molecule has 2 heterocycles. The second-order valence-corrected chi connectivity index (χ2v) is 6.99. The zero-order chi connectivity index (χ0) is 19.7. The molecule has 4 aromatic rings. The number of nitrogens with one attached hydrogen (secondary N) is 1. The number of pyridine rings is 1. The maximum absolute atomic E-state index is 12.5. The first-order valence-corrected chi connectivity index (χ1v) is 9.24. The SMILES string of the molecule is Cc1cn2nccc2cc1N(C)c1cccc(NC(=O)c2ccccc2Cl)c1. The number of nitrogens with zero attached hydrogens (tertiary/aromatic N) is 3. The molecule has 0 saturated heterocycles. The van der Waals surface area contributed by atoms with Crippen molar-refractivity contribution in [2.45, 2.75) is 6.92 Å². The Morgan fingerprint density at radius 1 is 1.11 bits per heavy atom. The average molecular weight is 391 g/mol. The average Bonchev–Trinajstić information content (AvgIpc) is 3.14. The van der Waals surface area contributed by atoms with Crippen molar-refractivity contribution in [3.63, 3.8) is 0 Å². The Labute approximate surface area is 168 Å². The van der Waals surface area contributed by atoms with E-state index in [2.05, 4.69) is 28.3 Å². The van der Waals surface area contributed by atoms with Gasteiger partial charge in [0.1, 0.15) is 0 Å². The van der Waals surface area contributed by atoms with E-state index < -0.39 is 0 Å².